The Morgan fingerprint density at radius 3 is 2.62 bits per heavy atom. The molecule has 1 aliphatic heterocycles. The summed E-state index contributed by atoms with van der Waals surface area (Å²) in [6.07, 6.45) is 1.71. The first-order valence-corrected chi connectivity index (χ1v) is 8.51. The fourth-order valence-corrected chi connectivity index (χ4v) is 3.46. The lowest BCUT2D eigenvalue weighted by Crippen LogP contribution is -2.00. The highest BCUT2D eigenvalue weighted by Gasteiger charge is 2.17. The van der Waals surface area contributed by atoms with Crippen LogP contribution in [-0.2, 0) is 6.54 Å². The van der Waals surface area contributed by atoms with Crippen molar-refractivity contribution < 1.29 is 14.6 Å². The van der Waals surface area contributed by atoms with E-state index in [1.807, 2.05) is 47.0 Å². The van der Waals surface area contributed by atoms with Crippen molar-refractivity contribution in [3.63, 3.8) is 0 Å². The molecule has 122 valence electrons. The van der Waals surface area contributed by atoms with E-state index in [2.05, 4.69) is 15.9 Å². The molecule has 4 rings (SSSR count). The highest BCUT2D eigenvalue weighted by Crippen LogP contribution is 2.39. The van der Waals surface area contributed by atoms with E-state index in [1.54, 1.807) is 6.20 Å². The highest BCUT2D eigenvalue weighted by atomic mass is 79.9. The van der Waals surface area contributed by atoms with Gasteiger partial charge in [-0.3, -0.25) is 0 Å². The average Bonchev–Trinajstić information content (AvgIpc) is 3.14. The molecule has 0 aliphatic carbocycles. The molecule has 1 N–H and O–H groups in total. The van der Waals surface area contributed by atoms with Gasteiger partial charge >= 0.3 is 0 Å². The molecular formula is C18H13BrClNO3. The molecule has 6 heteroatoms. The van der Waals surface area contributed by atoms with E-state index in [9.17, 15) is 5.11 Å². The predicted octanol–water partition coefficient (Wildman–Crippen LogP) is 5.05. The molecule has 0 bridgehead atoms. The number of halogens is 2. The number of fused-ring (bicyclic) bond motifs is 1. The summed E-state index contributed by atoms with van der Waals surface area (Å²) in [7, 11) is 0. The SMILES string of the molecule is Oc1cn(Cc2ccc3c(c2)OCO3)c(-c2ccc(Cl)cc2)c1Br. The minimum absolute atomic E-state index is 0.195. The Kier molecular flexibility index (Phi) is 3.90. The third-order valence-corrected chi connectivity index (χ3v) is 4.94. The van der Waals surface area contributed by atoms with Crippen LogP contribution in [0.5, 0.6) is 17.2 Å². The molecule has 0 spiro atoms. The first-order chi connectivity index (χ1) is 11.6. The van der Waals surface area contributed by atoms with Gasteiger partial charge in [0.2, 0.25) is 6.79 Å². The number of hydrogen-bond acceptors (Lipinski definition) is 3. The van der Waals surface area contributed by atoms with E-state index in [0.29, 0.717) is 16.0 Å². The Labute approximate surface area is 152 Å². The second-order valence-electron chi connectivity index (χ2n) is 5.50. The third kappa shape index (κ3) is 2.74. The minimum Gasteiger partial charge on any atom is -0.505 e. The smallest absolute Gasteiger partial charge is 0.231 e. The maximum Gasteiger partial charge on any atom is 0.231 e. The van der Waals surface area contributed by atoms with Gasteiger partial charge in [0.15, 0.2) is 11.5 Å². The minimum atomic E-state index is 0.195. The maximum atomic E-state index is 10.1. The molecule has 4 nitrogen and oxygen atoms in total. The first kappa shape index (κ1) is 15.4. The van der Waals surface area contributed by atoms with Crippen molar-refractivity contribution in [1.29, 1.82) is 0 Å². The summed E-state index contributed by atoms with van der Waals surface area (Å²) in [6.45, 7) is 0.846. The maximum absolute atomic E-state index is 10.1. The number of nitrogens with zero attached hydrogens (tertiary/aromatic N) is 1. The van der Waals surface area contributed by atoms with E-state index < -0.39 is 0 Å². The fourth-order valence-electron chi connectivity index (χ4n) is 2.78. The lowest BCUT2D eigenvalue weighted by molar-refractivity contribution is 0.174. The summed E-state index contributed by atoms with van der Waals surface area (Å²) in [5, 5.41) is 10.8. The zero-order valence-electron chi connectivity index (χ0n) is 12.5. The molecule has 24 heavy (non-hydrogen) atoms. The molecule has 0 atom stereocenters. The van der Waals surface area contributed by atoms with Gasteiger partial charge in [0, 0.05) is 17.8 Å². The molecule has 0 saturated heterocycles. The molecule has 0 fully saturated rings. The van der Waals surface area contributed by atoms with E-state index in [-0.39, 0.29) is 12.5 Å². The number of rotatable bonds is 3. The largest absolute Gasteiger partial charge is 0.505 e. The van der Waals surface area contributed by atoms with Gasteiger partial charge in [-0.15, -0.1) is 0 Å². The van der Waals surface area contributed by atoms with Gasteiger partial charge < -0.3 is 19.1 Å². The molecular weight excluding hydrogens is 394 g/mol. The van der Waals surface area contributed by atoms with Gasteiger partial charge in [0.1, 0.15) is 5.75 Å². The first-order valence-electron chi connectivity index (χ1n) is 7.34. The second-order valence-corrected chi connectivity index (χ2v) is 6.73. The van der Waals surface area contributed by atoms with Gasteiger partial charge in [0.05, 0.1) is 10.2 Å². The summed E-state index contributed by atoms with van der Waals surface area (Å²) in [4.78, 5) is 0. The van der Waals surface area contributed by atoms with E-state index >= 15 is 0 Å². The van der Waals surface area contributed by atoms with Crippen LogP contribution in [0.25, 0.3) is 11.3 Å². The van der Waals surface area contributed by atoms with Gasteiger partial charge in [-0.05, 0) is 51.3 Å². The second kappa shape index (κ2) is 6.07. The molecule has 0 unspecified atom stereocenters. The Balaban J connectivity index is 1.73. The lowest BCUT2D eigenvalue weighted by atomic mass is 10.1. The van der Waals surface area contributed by atoms with Crippen LogP contribution in [0.15, 0.2) is 53.1 Å². The van der Waals surface area contributed by atoms with E-state index in [1.165, 1.54) is 0 Å². The van der Waals surface area contributed by atoms with Crippen LogP contribution in [-0.4, -0.2) is 16.5 Å². The lowest BCUT2D eigenvalue weighted by Gasteiger charge is -2.11. The van der Waals surface area contributed by atoms with Crippen LogP contribution in [0, 0.1) is 0 Å². The Morgan fingerprint density at radius 2 is 1.83 bits per heavy atom. The molecule has 0 amide bonds. The highest BCUT2D eigenvalue weighted by molar-refractivity contribution is 9.10. The molecule has 1 aliphatic rings. The number of ether oxygens (including phenoxy) is 2. The van der Waals surface area contributed by atoms with Crippen LogP contribution < -0.4 is 9.47 Å². The topological polar surface area (TPSA) is 43.6 Å². The standard InChI is InChI=1S/C18H13BrClNO3/c19-17-14(22)9-21(18(17)12-2-4-13(20)5-3-12)8-11-1-6-15-16(7-11)24-10-23-15/h1-7,9,22H,8,10H2. The van der Waals surface area contributed by atoms with E-state index in [0.717, 1.165) is 28.3 Å². The van der Waals surface area contributed by atoms with Crippen LogP contribution in [0.3, 0.4) is 0 Å². The van der Waals surface area contributed by atoms with Crippen LogP contribution >= 0.6 is 27.5 Å². The van der Waals surface area contributed by atoms with Crippen molar-refractivity contribution in [3.8, 4) is 28.5 Å². The summed E-state index contributed by atoms with van der Waals surface area (Å²) in [6, 6.07) is 13.4. The average molecular weight is 407 g/mol. The van der Waals surface area contributed by atoms with Gasteiger partial charge in [-0.25, -0.2) is 0 Å². The normalized spacial score (nSPS) is 12.6. The third-order valence-electron chi connectivity index (χ3n) is 3.91. The van der Waals surface area contributed by atoms with Crippen molar-refractivity contribution >= 4 is 27.5 Å². The molecule has 0 saturated carbocycles. The van der Waals surface area contributed by atoms with Gasteiger partial charge in [0.25, 0.3) is 0 Å². The van der Waals surface area contributed by atoms with Crippen LogP contribution in [0.1, 0.15) is 5.56 Å². The van der Waals surface area contributed by atoms with Crippen molar-refractivity contribution in [2.24, 2.45) is 0 Å². The number of aromatic nitrogens is 1. The zero-order chi connectivity index (χ0) is 16.7. The molecule has 3 aromatic rings. The van der Waals surface area contributed by atoms with Crippen molar-refractivity contribution in [1.82, 2.24) is 4.57 Å². The molecule has 2 heterocycles. The van der Waals surface area contributed by atoms with Crippen LogP contribution in [0.2, 0.25) is 5.02 Å². The van der Waals surface area contributed by atoms with Crippen LogP contribution in [0.4, 0.5) is 0 Å². The van der Waals surface area contributed by atoms with Crippen molar-refractivity contribution in [3.05, 3.63) is 63.7 Å². The molecule has 2 aromatic carbocycles. The van der Waals surface area contributed by atoms with E-state index in [4.69, 9.17) is 21.1 Å². The number of hydrogen-bond donors (Lipinski definition) is 1. The zero-order valence-corrected chi connectivity index (χ0v) is 14.8. The summed E-state index contributed by atoms with van der Waals surface area (Å²) in [5.41, 5.74) is 2.91. The van der Waals surface area contributed by atoms with Crippen molar-refractivity contribution in [2.75, 3.05) is 6.79 Å². The summed E-state index contributed by atoms with van der Waals surface area (Å²) in [5.74, 6) is 1.70. The Bertz CT molecular complexity index is 905. The fraction of sp³-hybridized carbons (Fsp3) is 0.111. The quantitative estimate of drug-likeness (QED) is 0.661. The number of aromatic hydroxyl groups is 1. The molecule has 0 radical (unpaired) electrons. The Hall–Kier alpha value is -2.11. The Morgan fingerprint density at radius 1 is 1.08 bits per heavy atom. The monoisotopic (exact) mass is 405 g/mol. The van der Waals surface area contributed by atoms with Gasteiger partial charge in [-0.2, -0.15) is 0 Å². The summed E-state index contributed by atoms with van der Waals surface area (Å²) >= 11 is 9.45. The summed E-state index contributed by atoms with van der Waals surface area (Å²) < 4.78 is 13.4. The predicted molar refractivity (Wildman–Crippen MR) is 95.9 cm³/mol. The van der Waals surface area contributed by atoms with Crippen molar-refractivity contribution in [2.45, 2.75) is 6.54 Å². The van der Waals surface area contributed by atoms with Gasteiger partial charge in [-0.1, -0.05) is 29.8 Å². The number of benzene rings is 2. The molecule has 1 aromatic heterocycles.